The average Bonchev–Trinajstić information content (AvgIpc) is 2.60. The van der Waals surface area contributed by atoms with E-state index in [4.69, 9.17) is 8.92 Å². The van der Waals surface area contributed by atoms with Crippen LogP contribution in [0.5, 0.6) is 5.75 Å². The van der Waals surface area contributed by atoms with Crippen molar-refractivity contribution in [3.05, 3.63) is 78.4 Å². The first-order valence-corrected chi connectivity index (χ1v) is 8.08. The SMILES string of the molecule is C=C(OC)c1ccc2cc(OSc3ccc(C)cc3)ccc2c1. The van der Waals surface area contributed by atoms with Crippen LogP contribution in [0.4, 0.5) is 0 Å². The number of hydrogen-bond donors (Lipinski definition) is 0. The van der Waals surface area contributed by atoms with Crippen molar-refractivity contribution < 1.29 is 8.92 Å². The summed E-state index contributed by atoms with van der Waals surface area (Å²) in [5.74, 6) is 1.50. The third kappa shape index (κ3) is 3.69. The fourth-order valence-corrected chi connectivity index (χ4v) is 2.80. The normalized spacial score (nSPS) is 10.5. The number of fused-ring (bicyclic) bond motifs is 1. The zero-order chi connectivity index (χ0) is 16.2. The van der Waals surface area contributed by atoms with Gasteiger partial charge in [0.05, 0.1) is 19.2 Å². The van der Waals surface area contributed by atoms with Crippen LogP contribution in [0.2, 0.25) is 0 Å². The lowest BCUT2D eigenvalue weighted by Gasteiger charge is -2.08. The first-order chi connectivity index (χ1) is 11.2. The molecular formula is C20H18O2S. The maximum atomic E-state index is 5.81. The summed E-state index contributed by atoms with van der Waals surface area (Å²) in [6, 6.07) is 20.5. The molecule has 116 valence electrons. The van der Waals surface area contributed by atoms with E-state index >= 15 is 0 Å². The third-order valence-electron chi connectivity index (χ3n) is 3.64. The van der Waals surface area contributed by atoms with Crippen LogP contribution in [0.3, 0.4) is 0 Å². The molecule has 0 N–H and O–H groups in total. The van der Waals surface area contributed by atoms with Gasteiger partial charge < -0.3 is 8.92 Å². The zero-order valence-electron chi connectivity index (χ0n) is 13.2. The molecule has 3 aromatic carbocycles. The van der Waals surface area contributed by atoms with Gasteiger partial charge in [-0.15, -0.1) is 0 Å². The molecule has 3 heteroatoms. The highest BCUT2D eigenvalue weighted by Crippen LogP contribution is 2.28. The Hall–Kier alpha value is -2.39. The second kappa shape index (κ2) is 6.80. The summed E-state index contributed by atoms with van der Waals surface area (Å²) in [7, 11) is 1.63. The second-order valence-corrected chi connectivity index (χ2v) is 6.14. The Morgan fingerprint density at radius 1 is 0.913 bits per heavy atom. The van der Waals surface area contributed by atoms with Gasteiger partial charge in [0, 0.05) is 10.5 Å². The minimum atomic E-state index is 0.669. The van der Waals surface area contributed by atoms with Gasteiger partial charge in [0.1, 0.15) is 11.5 Å². The molecule has 0 atom stereocenters. The van der Waals surface area contributed by atoms with Crippen LogP contribution in [0.15, 0.2) is 72.1 Å². The molecule has 0 heterocycles. The fourth-order valence-electron chi connectivity index (χ4n) is 2.26. The molecule has 0 fully saturated rings. The number of benzene rings is 3. The molecule has 3 aromatic rings. The first-order valence-electron chi connectivity index (χ1n) is 7.34. The molecule has 0 radical (unpaired) electrons. The van der Waals surface area contributed by atoms with Crippen molar-refractivity contribution in [1.29, 1.82) is 0 Å². The maximum Gasteiger partial charge on any atom is 0.138 e. The summed E-state index contributed by atoms with van der Waals surface area (Å²) >= 11 is 1.37. The van der Waals surface area contributed by atoms with Crippen molar-refractivity contribution in [3.8, 4) is 5.75 Å². The minimum absolute atomic E-state index is 0.669. The Kier molecular flexibility index (Phi) is 4.58. The molecule has 0 unspecified atom stereocenters. The Labute approximate surface area is 140 Å². The summed E-state index contributed by atoms with van der Waals surface area (Å²) in [4.78, 5) is 1.09. The van der Waals surface area contributed by atoms with Crippen LogP contribution in [0.25, 0.3) is 16.5 Å². The highest BCUT2D eigenvalue weighted by atomic mass is 32.2. The van der Waals surface area contributed by atoms with Gasteiger partial charge in [-0.3, -0.25) is 0 Å². The van der Waals surface area contributed by atoms with Crippen LogP contribution < -0.4 is 4.18 Å². The molecule has 0 aliphatic rings. The number of methoxy groups -OCH3 is 1. The van der Waals surface area contributed by atoms with Crippen molar-refractivity contribution in [3.63, 3.8) is 0 Å². The summed E-state index contributed by atoms with van der Waals surface area (Å²) < 4.78 is 11.0. The molecule has 23 heavy (non-hydrogen) atoms. The summed E-state index contributed by atoms with van der Waals surface area (Å²) in [6.45, 7) is 5.96. The Morgan fingerprint density at radius 3 is 2.35 bits per heavy atom. The van der Waals surface area contributed by atoms with Crippen molar-refractivity contribution in [2.45, 2.75) is 11.8 Å². The lowest BCUT2D eigenvalue weighted by Crippen LogP contribution is -1.86. The molecule has 0 aromatic heterocycles. The molecule has 0 saturated heterocycles. The maximum absolute atomic E-state index is 5.81. The largest absolute Gasteiger partial charge is 0.497 e. The highest BCUT2D eigenvalue weighted by molar-refractivity contribution is 7.95. The van der Waals surface area contributed by atoms with Crippen molar-refractivity contribution >= 4 is 28.6 Å². The van der Waals surface area contributed by atoms with Gasteiger partial charge in [-0.25, -0.2) is 0 Å². The lowest BCUT2D eigenvalue weighted by atomic mass is 10.1. The molecule has 0 bridgehead atoms. The second-order valence-electron chi connectivity index (χ2n) is 5.33. The third-order valence-corrected chi connectivity index (χ3v) is 4.38. The van der Waals surface area contributed by atoms with Crippen LogP contribution in [0, 0.1) is 6.92 Å². The molecule has 0 aliphatic carbocycles. The van der Waals surface area contributed by atoms with Gasteiger partial charge in [0.2, 0.25) is 0 Å². The van der Waals surface area contributed by atoms with Crippen LogP contribution in [-0.2, 0) is 4.74 Å². The van der Waals surface area contributed by atoms with Crippen molar-refractivity contribution in [1.82, 2.24) is 0 Å². The van der Waals surface area contributed by atoms with E-state index in [1.807, 2.05) is 24.3 Å². The van der Waals surface area contributed by atoms with E-state index in [0.29, 0.717) is 5.76 Å². The lowest BCUT2D eigenvalue weighted by molar-refractivity contribution is 0.371. The molecular weight excluding hydrogens is 304 g/mol. The van der Waals surface area contributed by atoms with Gasteiger partial charge >= 0.3 is 0 Å². The van der Waals surface area contributed by atoms with E-state index in [0.717, 1.165) is 27.0 Å². The molecule has 0 spiro atoms. The van der Waals surface area contributed by atoms with Crippen molar-refractivity contribution in [2.75, 3.05) is 7.11 Å². The molecule has 0 saturated carbocycles. The van der Waals surface area contributed by atoms with Gasteiger partial charge in [0.25, 0.3) is 0 Å². The van der Waals surface area contributed by atoms with Gasteiger partial charge in [-0.05, 0) is 48.0 Å². The zero-order valence-corrected chi connectivity index (χ0v) is 14.0. The summed E-state index contributed by atoms with van der Waals surface area (Å²) in [5.41, 5.74) is 2.23. The van der Waals surface area contributed by atoms with Crippen LogP contribution in [0.1, 0.15) is 11.1 Å². The Bertz CT molecular complexity index is 838. The minimum Gasteiger partial charge on any atom is -0.497 e. The van der Waals surface area contributed by atoms with Gasteiger partial charge in [-0.2, -0.15) is 0 Å². The monoisotopic (exact) mass is 322 g/mol. The van der Waals surface area contributed by atoms with Crippen molar-refractivity contribution in [2.24, 2.45) is 0 Å². The van der Waals surface area contributed by atoms with E-state index in [1.54, 1.807) is 7.11 Å². The number of rotatable bonds is 5. The molecule has 3 rings (SSSR count). The van der Waals surface area contributed by atoms with E-state index in [-0.39, 0.29) is 0 Å². The average molecular weight is 322 g/mol. The van der Waals surface area contributed by atoms with Gasteiger partial charge in [-0.1, -0.05) is 42.5 Å². The topological polar surface area (TPSA) is 18.5 Å². The predicted molar refractivity (Wildman–Crippen MR) is 97.7 cm³/mol. The number of aryl methyl sites for hydroxylation is 1. The van der Waals surface area contributed by atoms with Crippen LogP contribution in [-0.4, -0.2) is 7.11 Å². The van der Waals surface area contributed by atoms with Gasteiger partial charge in [0.15, 0.2) is 0 Å². The number of ether oxygens (including phenoxy) is 1. The Morgan fingerprint density at radius 2 is 1.61 bits per heavy atom. The molecule has 2 nitrogen and oxygen atoms in total. The van der Waals surface area contributed by atoms with Crippen LogP contribution >= 0.6 is 12.0 Å². The first kappa shape index (κ1) is 15.5. The molecule has 0 amide bonds. The highest BCUT2D eigenvalue weighted by Gasteiger charge is 2.03. The molecule has 0 aliphatic heterocycles. The smallest absolute Gasteiger partial charge is 0.138 e. The van der Waals surface area contributed by atoms with E-state index in [1.165, 1.54) is 17.6 Å². The van der Waals surface area contributed by atoms with E-state index < -0.39 is 0 Å². The summed E-state index contributed by atoms with van der Waals surface area (Å²) in [6.07, 6.45) is 0. The van der Waals surface area contributed by atoms with E-state index in [9.17, 15) is 0 Å². The predicted octanol–water partition coefficient (Wildman–Crippen LogP) is 5.85. The quantitative estimate of drug-likeness (QED) is 0.433. The number of hydrogen-bond acceptors (Lipinski definition) is 3. The fraction of sp³-hybridized carbons (Fsp3) is 0.100. The summed E-state index contributed by atoms with van der Waals surface area (Å²) in [5, 5.41) is 2.26. The van der Waals surface area contributed by atoms with E-state index in [2.05, 4.69) is 49.9 Å². The Balaban J connectivity index is 1.77. The standard InChI is InChI=1S/C20H18O2S/c1-14-4-10-20(11-5-14)23-22-19-9-8-17-12-16(15(2)21-3)6-7-18(17)13-19/h4-13H,2H2,1,3H3.